The second-order valence-corrected chi connectivity index (χ2v) is 5.44. The molecular weight excluding hydrogens is 258 g/mol. The van der Waals surface area contributed by atoms with Crippen LogP contribution in [0.3, 0.4) is 0 Å². The molecule has 0 heterocycles. The summed E-state index contributed by atoms with van der Waals surface area (Å²) < 4.78 is 0. The van der Waals surface area contributed by atoms with Gasteiger partial charge in [-0.3, -0.25) is 4.79 Å². The Morgan fingerprint density at radius 3 is 2.50 bits per heavy atom. The molecule has 1 aromatic carbocycles. The van der Waals surface area contributed by atoms with Gasteiger partial charge in [0.2, 0.25) is 0 Å². The molecule has 0 aliphatic carbocycles. The van der Waals surface area contributed by atoms with Gasteiger partial charge in [0.1, 0.15) is 0 Å². The lowest BCUT2D eigenvalue weighted by molar-refractivity contribution is -0.146. The van der Waals surface area contributed by atoms with Crippen LogP contribution in [-0.2, 0) is 4.79 Å². The molecule has 3 N–H and O–H groups in total. The molecule has 6 nitrogen and oxygen atoms in total. The largest absolute Gasteiger partial charge is 0.481 e. The standard InChI is InChI=1S/C14H21N3O3/c1-14(2,12(18)19)9-15-13(20)16-10-6-5-7-11(8-10)17(3)4/h5-8H,9H2,1-4H3,(H,18,19)(H2,15,16,20). The number of carboxylic acid groups (broad SMARTS) is 1. The zero-order chi connectivity index (χ0) is 15.3. The maximum atomic E-state index is 11.7. The Bertz CT molecular complexity index is 498. The number of benzene rings is 1. The van der Waals surface area contributed by atoms with Crippen LogP contribution in [0.25, 0.3) is 0 Å². The number of aliphatic carboxylic acids is 1. The number of rotatable bonds is 5. The Hall–Kier alpha value is -2.24. The third kappa shape index (κ3) is 4.46. The van der Waals surface area contributed by atoms with Crippen molar-refractivity contribution in [3.05, 3.63) is 24.3 Å². The number of hydrogen-bond donors (Lipinski definition) is 3. The molecule has 0 saturated carbocycles. The van der Waals surface area contributed by atoms with Gasteiger partial charge in [0.15, 0.2) is 0 Å². The van der Waals surface area contributed by atoms with Gasteiger partial charge in [-0.25, -0.2) is 4.79 Å². The molecule has 0 aromatic heterocycles. The molecule has 110 valence electrons. The number of nitrogens with one attached hydrogen (secondary N) is 2. The van der Waals surface area contributed by atoms with E-state index in [0.717, 1.165) is 5.69 Å². The first-order valence-corrected chi connectivity index (χ1v) is 6.28. The molecule has 2 amide bonds. The number of anilines is 2. The van der Waals surface area contributed by atoms with E-state index in [-0.39, 0.29) is 6.54 Å². The average molecular weight is 279 g/mol. The smallest absolute Gasteiger partial charge is 0.319 e. The van der Waals surface area contributed by atoms with E-state index in [1.807, 2.05) is 37.2 Å². The lowest BCUT2D eigenvalue weighted by Crippen LogP contribution is -2.40. The van der Waals surface area contributed by atoms with E-state index in [1.165, 1.54) is 0 Å². The molecule has 0 fully saturated rings. The summed E-state index contributed by atoms with van der Waals surface area (Å²) in [6.45, 7) is 3.17. The quantitative estimate of drug-likeness (QED) is 0.770. The third-order valence-electron chi connectivity index (χ3n) is 2.89. The number of nitrogens with zero attached hydrogens (tertiary/aromatic N) is 1. The fourth-order valence-electron chi connectivity index (χ4n) is 1.41. The van der Waals surface area contributed by atoms with Crippen LogP contribution in [0.1, 0.15) is 13.8 Å². The Balaban J connectivity index is 2.59. The minimum absolute atomic E-state index is 0.0571. The molecule has 0 saturated heterocycles. The summed E-state index contributed by atoms with van der Waals surface area (Å²) in [5, 5.41) is 14.2. The Morgan fingerprint density at radius 1 is 1.30 bits per heavy atom. The molecule has 1 rings (SSSR count). The monoisotopic (exact) mass is 279 g/mol. The molecule has 0 radical (unpaired) electrons. The average Bonchev–Trinajstić information content (AvgIpc) is 2.36. The highest BCUT2D eigenvalue weighted by Crippen LogP contribution is 2.17. The van der Waals surface area contributed by atoms with Crippen LogP contribution >= 0.6 is 0 Å². The van der Waals surface area contributed by atoms with Crippen molar-refractivity contribution in [2.24, 2.45) is 5.41 Å². The second kappa shape index (κ2) is 6.27. The number of urea groups is 1. The van der Waals surface area contributed by atoms with E-state index in [9.17, 15) is 9.59 Å². The molecule has 0 aliphatic heterocycles. The van der Waals surface area contributed by atoms with Gasteiger partial charge < -0.3 is 20.6 Å². The topological polar surface area (TPSA) is 81.7 Å². The fourth-order valence-corrected chi connectivity index (χ4v) is 1.41. The van der Waals surface area contributed by atoms with Gasteiger partial charge in [0, 0.05) is 32.0 Å². The normalized spacial score (nSPS) is 10.8. The SMILES string of the molecule is CN(C)c1cccc(NC(=O)NCC(C)(C)C(=O)O)c1. The van der Waals surface area contributed by atoms with Crippen molar-refractivity contribution in [3.8, 4) is 0 Å². The Labute approximate surface area is 118 Å². The summed E-state index contributed by atoms with van der Waals surface area (Å²) in [5.41, 5.74) is 0.624. The highest BCUT2D eigenvalue weighted by Gasteiger charge is 2.27. The lowest BCUT2D eigenvalue weighted by atomic mass is 9.94. The minimum Gasteiger partial charge on any atom is -0.481 e. The minimum atomic E-state index is -0.997. The van der Waals surface area contributed by atoms with Gasteiger partial charge in [-0.15, -0.1) is 0 Å². The summed E-state index contributed by atoms with van der Waals surface area (Å²) in [5.74, 6) is -0.951. The second-order valence-electron chi connectivity index (χ2n) is 5.44. The zero-order valence-electron chi connectivity index (χ0n) is 12.2. The number of amides is 2. The van der Waals surface area contributed by atoms with E-state index >= 15 is 0 Å². The van der Waals surface area contributed by atoms with Crippen LogP contribution in [0, 0.1) is 5.41 Å². The van der Waals surface area contributed by atoms with Gasteiger partial charge in [-0.05, 0) is 32.0 Å². The van der Waals surface area contributed by atoms with Gasteiger partial charge in [-0.2, -0.15) is 0 Å². The van der Waals surface area contributed by atoms with Crippen molar-refractivity contribution in [2.45, 2.75) is 13.8 Å². The zero-order valence-corrected chi connectivity index (χ0v) is 12.2. The van der Waals surface area contributed by atoms with Crippen LogP contribution in [0.15, 0.2) is 24.3 Å². The van der Waals surface area contributed by atoms with Crippen LogP contribution in [0.5, 0.6) is 0 Å². The Kier molecular flexibility index (Phi) is 4.96. The van der Waals surface area contributed by atoms with Gasteiger partial charge >= 0.3 is 12.0 Å². The Morgan fingerprint density at radius 2 is 1.95 bits per heavy atom. The van der Waals surface area contributed by atoms with E-state index in [4.69, 9.17) is 5.11 Å². The summed E-state index contributed by atoms with van der Waals surface area (Å²) in [6, 6.07) is 6.95. The first kappa shape index (κ1) is 15.8. The number of carbonyl (C=O) groups excluding carboxylic acids is 1. The first-order chi connectivity index (χ1) is 9.22. The molecule has 0 unspecified atom stereocenters. The van der Waals surface area contributed by atoms with E-state index in [1.54, 1.807) is 19.9 Å². The summed E-state index contributed by atoms with van der Waals surface area (Å²) >= 11 is 0. The van der Waals surface area contributed by atoms with E-state index in [2.05, 4.69) is 10.6 Å². The molecule has 20 heavy (non-hydrogen) atoms. The van der Waals surface area contributed by atoms with E-state index in [0.29, 0.717) is 5.69 Å². The fraction of sp³-hybridized carbons (Fsp3) is 0.429. The van der Waals surface area contributed by atoms with Gasteiger partial charge in [-0.1, -0.05) is 6.07 Å². The number of carbonyl (C=O) groups is 2. The van der Waals surface area contributed by atoms with Crippen molar-refractivity contribution in [2.75, 3.05) is 30.9 Å². The molecule has 0 spiro atoms. The van der Waals surface area contributed by atoms with Crippen LogP contribution in [0.2, 0.25) is 0 Å². The highest BCUT2D eigenvalue weighted by molar-refractivity contribution is 5.90. The van der Waals surface area contributed by atoms with Gasteiger partial charge in [0.05, 0.1) is 5.41 Å². The molecule has 0 bridgehead atoms. The third-order valence-corrected chi connectivity index (χ3v) is 2.89. The van der Waals surface area contributed by atoms with Crippen molar-refractivity contribution in [1.29, 1.82) is 0 Å². The summed E-state index contributed by atoms with van der Waals surface area (Å²) in [6.07, 6.45) is 0. The predicted molar refractivity (Wildman–Crippen MR) is 79.2 cm³/mol. The lowest BCUT2D eigenvalue weighted by Gasteiger charge is -2.20. The van der Waals surface area contributed by atoms with Crippen LogP contribution in [-0.4, -0.2) is 37.7 Å². The van der Waals surface area contributed by atoms with Crippen molar-refractivity contribution >= 4 is 23.4 Å². The highest BCUT2D eigenvalue weighted by atomic mass is 16.4. The summed E-state index contributed by atoms with van der Waals surface area (Å²) in [7, 11) is 3.82. The van der Waals surface area contributed by atoms with Crippen molar-refractivity contribution < 1.29 is 14.7 Å². The molecule has 0 atom stereocenters. The number of hydrogen-bond acceptors (Lipinski definition) is 3. The number of carboxylic acids is 1. The molecule has 6 heteroatoms. The molecular formula is C14H21N3O3. The van der Waals surface area contributed by atoms with Gasteiger partial charge in [0.25, 0.3) is 0 Å². The molecule has 1 aromatic rings. The first-order valence-electron chi connectivity index (χ1n) is 6.28. The van der Waals surface area contributed by atoms with Crippen molar-refractivity contribution in [1.82, 2.24) is 5.32 Å². The van der Waals surface area contributed by atoms with Crippen LogP contribution < -0.4 is 15.5 Å². The maximum absolute atomic E-state index is 11.7. The summed E-state index contributed by atoms with van der Waals surface area (Å²) in [4.78, 5) is 24.6. The molecule has 0 aliphatic rings. The predicted octanol–water partition coefficient (Wildman–Crippen LogP) is 1.98. The van der Waals surface area contributed by atoms with E-state index < -0.39 is 17.4 Å². The van der Waals surface area contributed by atoms with Crippen LogP contribution in [0.4, 0.5) is 16.2 Å². The maximum Gasteiger partial charge on any atom is 0.319 e. The van der Waals surface area contributed by atoms with Crippen molar-refractivity contribution in [3.63, 3.8) is 0 Å².